The minimum absolute atomic E-state index is 0.0559. The molecule has 1 N–H and O–H groups in total. The van der Waals surface area contributed by atoms with Crippen LogP contribution in [0.5, 0.6) is 0 Å². The Hall–Kier alpha value is -4.76. The first-order chi connectivity index (χ1) is 20.3. The predicted octanol–water partition coefficient (Wildman–Crippen LogP) is 6.88. The number of ether oxygens (including phenoxy) is 1. The number of anilines is 2. The van der Waals surface area contributed by atoms with Gasteiger partial charge in [-0.15, -0.1) is 0 Å². The molecule has 0 bridgehead atoms. The molecular weight excluding hydrogens is 550 g/mol. The highest BCUT2D eigenvalue weighted by atomic mass is 32.2. The van der Waals surface area contributed by atoms with Crippen molar-refractivity contribution in [3.8, 4) is 22.5 Å². The molecule has 9 heteroatoms. The van der Waals surface area contributed by atoms with E-state index in [9.17, 15) is 13.2 Å². The van der Waals surface area contributed by atoms with E-state index in [0.29, 0.717) is 29.6 Å². The van der Waals surface area contributed by atoms with Gasteiger partial charge >= 0.3 is 5.97 Å². The molecular formula is C33H29N3O5S. The second kappa shape index (κ2) is 10.9. The molecule has 212 valence electrons. The van der Waals surface area contributed by atoms with Crippen LogP contribution in [0.15, 0.2) is 112 Å². The molecule has 6 rings (SSSR count). The third-order valence-electron chi connectivity index (χ3n) is 7.50. The van der Waals surface area contributed by atoms with E-state index >= 15 is 0 Å². The fourth-order valence-electron chi connectivity index (χ4n) is 5.00. The Bertz CT molecular complexity index is 1840. The van der Waals surface area contributed by atoms with Gasteiger partial charge in [-0.05, 0) is 67.6 Å². The largest absolute Gasteiger partial charge is 0.465 e. The zero-order chi connectivity index (χ0) is 29.3. The summed E-state index contributed by atoms with van der Waals surface area (Å²) in [4.78, 5) is 17.0. The number of rotatable bonds is 9. The summed E-state index contributed by atoms with van der Waals surface area (Å²) >= 11 is 0. The van der Waals surface area contributed by atoms with Crippen molar-refractivity contribution >= 4 is 27.3 Å². The van der Waals surface area contributed by atoms with Gasteiger partial charge in [0.1, 0.15) is 17.2 Å². The molecule has 0 unspecified atom stereocenters. The van der Waals surface area contributed by atoms with Crippen LogP contribution < -0.4 is 5.32 Å². The second-order valence-electron chi connectivity index (χ2n) is 10.2. The van der Waals surface area contributed by atoms with Crippen LogP contribution in [-0.4, -0.2) is 31.1 Å². The van der Waals surface area contributed by atoms with Gasteiger partial charge in [-0.1, -0.05) is 78.0 Å². The van der Waals surface area contributed by atoms with Gasteiger partial charge in [-0.25, -0.2) is 13.4 Å². The molecule has 2 heterocycles. The van der Waals surface area contributed by atoms with Crippen LogP contribution >= 0.6 is 0 Å². The Kier molecular flexibility index (Phi) is 7.12. The highest BCUT2D eigenvalue weighted by Gasteiger charge is 2.52. The molecule has 1 aliphatic carbocycles. The van der Waals surface area contributed by atoms with E-state index in [1.54, 1.807) is 49.4 Å². The van der Waals surface area contributed by atoms with E-state index in [-0.39, 0.29) is 15.9 Å². The number of aryl methyl sites for hydroxylation is 1. The topological polar surface area (TPSA) is 111 Å². The molecule has 2 aromatic heterocycles. The van der Waals surface area contributed by atoms with Crippen LogP contribution in [0.4, 0.5) is 11.5 Å². The lowest BCUT2D eigenvalue weighted by Gasteiger charge is -2.14. The van der Waals surface area contributed by atoms with Crippen molar-refractivity contribution in [3.05, 3.63) is 108 Å². The van der Waals surface area contributed by atoms with E-state index in [2.05, 4.69) is 15.5 Å². The number of nitrogens with one attached hydrogen (secondary N) is 1. The van der Waals surface area contributed by atoms with Crippen LogP contribution in [0.2, 0.25) is 0 Å². The first-order valence-electron chi connectivity index (χ1n) is 13.7. The molecule has 0 radical (unpaired) electrons. The lowest BCUT2D eigenvalue weighted by atomic mass is 9.93. The number of esters is 1. The number of carbonyl (C=O) groups is 1. The average Bonchev–Trinajstić information content (AvgIpc) is 3.77. The van der Waals surface area contributed by atoms with E-state index in [0.717, 1.165) is 35.1 Å². The summed E-state index contributed by atoms with van der Waals surface area (Å²) < 4.78 is 37.1. The van der Waals surface area contributed by atoms with Gasteiger partial charge in [-0.3, -0.25) is 4.79 Å². The molecule has 0 aliphatic heterocycles. The quantitative estimate of drug-likeness (QED) is 0.188. The number of aromatic nitrogens is 2. The Morgan fingerprint density at radius 3 is 2.17 bits per heavy atom. The molecule has 0 saturated heterocycles. The maximum Gasteiger partial charge on any atom is 0.316 e. The zero-order valence-electron chi connectivity index (χ0n) is 23.2. The second-order valence-corrected chi connectivity index (χ2v) is 12.1. The first-order valence-corrected chi connectivity index (χ1v) is 15.2. The molecule has 5 aromatic rings. The number of carbonyl (C=O) groups excluding carboxylic acids is 1. The minimum atomic E-state index is -3.77. The van der Waals surface area contributed by atoms with Crippen molar-refractivity contribution < 1.29 is 22.5 Å². The summed E-state index contributed by atoms with van der Waals surface area (Å²) in [5, 5.41) is 7.28. The van der Waals surface area contributed by atoms with Gasteiger partial charge in [0, 0.05) is 5.56 Å². The maximum atomic E-state index is 13.1. The summed E-state index contributed by atoms with van der Waals surface area (Å²) in [6.45, 7) is 4.01. The van der Waals surface area contributed by atoms with E-state index < -0.39 is 15.3 Å². The van der Waals surface area contributed by atoms with Gasteiger partial charge in [0.05, 0.1) is 16.9 Å². The lowest BCUT2D eigenvalue weighted by molar-refractivity contribution is -0.146. The number of sulfone groups is 1. The molecule has 0 amide bonds. The van der Waals surface area contributed by atoms with Crippen molar-refractivity contribution in [1.29, 1.82) is 0 Å². The molecule has 1 fully saturated rings. The number of pyridine rings is 1. The third-order valence-corrected chi connectivity index (χ3v) is 9.17. The standard InChI is InChI=1S/C33H29N3O5S/c1-3-40-32(37)33(20-21-33)26-18-16-24(17-19-26)23-12-14-25(15-13-23)31-30(22(2)36-41-31)35-28-10-7-11-29(34-28)42(38,39)27-8-5-4-6-9-27/h4-19H,3,20-21H2,1-2H3,(H,34,35). The number of hydrogen-bond acceptors (Lipinski definition) is 8. The van der Waals surface area contributed by atoms with Gasteiger partial charge in [0.25, 0.3) is 0 Å². The smallest absolute Gasteiger partial charge is 0.316 e. The van der Waals surface area contributed by atoms with Gasteiger partial charge in [-0.2, -0.15) is 0 Å². The summed E-state index contributed by atoms with van der Waals surface area (Å²) in [6.07, 6.45) is 1.63. The monoisotopic (exact) mass is 579 g/mol. The number of benzene rings is 3. The van der Waals surface area contributed by atoms with Crippen LogP contribution in [0, 0.1) is 6.92 Å². The molecule has 3 aromatic carbocycles. The van der Waals surface area contributed by atoms with E-state index in [4.69, 9.17) is 9.26 Å². The molecule has 8 nitrogen and oxygen atoms in total. The van der Waals surface area contributed by atoms with E-state index in [1.807, 2.05) is 55.5 Å². The fourth-order valence-corrected chi connectivity index (χ4v) is 6.23. The molecule has 0 atom stereocenters. The first kappa shape index (κ1) is 27.4. The van der Waals surface area contributed by atoms with Crippen LogP contribution in [0.3, 0.4) is 0 Å². The normalized spacial score (nSPS) is 13.9. The van der Waals surface area contributed by atoms with Crippen LogP contribution in [-0.2, 0) is 24.8 Å². The lowest BCUT2D eigenvalue weighted by Crippen LogP contribution is -2.23. The third kappa shape index (κ3) is 5.07. The Morgan fingerprint density at radius 2 is 1.52 bits per heavy atom. The van der Waals surface area contributed by atoms with Gasteiger partial charge in [0.15, 0.2) is 10.8 Å². The molecule has 0 spiro atoms. The SMILES string of the molecule is CCOC(=O)C1(c2ccc(-c3ccc(-c4onc(C)c4Nc4cccc(S(=O)(=O)c5ccccc5)n4)cc3)cc2)CC1. The highest BCUT2D eigenvalue weighted by Crippen LogP contribution is 2.49. The number of nitrogens with zero attached hydrogens (tertiary/aromatic N) is 2. The minimum Gasteiger partial charge on any atom is -0.465 e. The fraction of sp³-hybridized carbons (Fsp3) is 0.182. The van der Waals surface area contributed by atoms with Crippen LogP contribution in [0.1, 0.15) is 31.0 Å². The van der Waals surface area contributed by atoms with Crippen molar-refractivity contribution in [2.24, 2.45) is 0 Å². The Labute approximate surface area is 244 Å². The molecule has 1 saturated carbocycles. The Morgan fingerprint density at radius 1 is 0.881 bits per heavy atom. The summed E-state index contributed by atoms with van der Waals surface area (Å²) in [5.41, 5.74) is 4.54. The average molecular weight is 580 g/mol. The van der Waals surface area contributed by atoms with E-state index in [1.165, 1.54) is 6.07 Å². The van der Waals surface area contributed by atoms with Gasteiger partial charge < -0.3 is 14.6 Å². The summed E-state index contributed by atoms with van der Waals surface area (Å²) in [5.74, 6) is 0.721. The predicted molar refractivity (Wildman–Crippen MR) is 159 cm³/mol. The zero-order valence-corrected chi connectivity index (χ0v) is 24.0. The van der Waals surface area contributed by atoms with Crippen LogP contribution in [0.25, 0.3) is 22.5 Å². The van der Waals surface area contributed by atoms with Crippen molar-refractivity contribution in [2.75, 3.05) is 11.9 Å². The maximum absolute atomic E-state index is 13.1. The van der Waals surface area contributed by atoms with Crippen molar-refractivity contribution in [1.82, 2.24) is 10.1 Å². The summed E-state index contributed by atoms with van der Waals surface area (Å²) in [6, 6.07) is 29.0. The Balaban J connectivity index is 1.22. The summed E-state index contributed by atoms with van der Waals surface area (Å²) in [7, 11) is -3.77. The molecule has 42 heavy (non-hydrogen) atoms. The molecule has 1 aliphatic rings. The number of hydrogen-bond donors (Lipinski definition) is 1. The van der Waals surface area contributed by atoms with Crippen molar-refractivity contribution in [3.63, 3.8) is 0 Å². The van der Waals surface area contributed by atoms with Crippen molar-refractivity contribution in [2.45, 2.75) is 42.0 Å². The highest BCUT2D eigenvalue weighted by molar-refractivity contribution is 7.91. The van der Waals surface area contributed by atoms with Gasteiger partial charge in [0.2, 0.25) is 9.84 Å².